The van der Waals surface area contributed by atoms with E-state index in [-0.39, 0.29) is 28.8 Å². The van der Waals surface area contributed by atoms with Crippen molar-refractivity contribution in [1.29, 1.82) is 0 Å². The van der Waals surface area contributed by atoms with Crippen LogP contribution >= 0.6 is 0 Å². The molecule has 0 unspecified atom stereocenters. The number of Topliss-reactive ketones (excluding diaryl/α,β-unsaturated/α-hetero) is 1. The Labute approximate surface area is 180 Å². The van der Waals surface area contributed by atoms with Gasteiger partial charge in [0.2, 0.25) is 5.78 Å². The lowest BCUT2D eigenvalue weighted by Gasteiger charge is -2.13. The molecule has 7 nitrogen and oxygen atoms in total. The molecular formula is C23H15F2NO6. The number of benzene rings is 2. The van der Waals surface area contributed by atoms with Crippen LogP contribution in [0.1, 0.15) is 54.1 Å². The second-order valence-corrected chi connectivity index (χ2v) is 7.08. The maximum Gasteiger partial charge on any atom is 0.338 e. The molecule has 162 valence electrons. The molecule has 0 aliphatic carbocycles. The molecule has 0 radical (unpaired) electrons. The smallest absolute Gasteiger partial charge is 0.338 e. The molecule has 1 atom stereocenters. The molecule has 2 aromatic carbocycles. The monoisotopic (exact) mass is 439 g/mol. The first-order valence-electron chi connectivity index (χ1n) is 9.49. The van der Waals surface area contributed by atoms with Gasteiger partial charge in [-0.1, -0.05) is 0 Å². The number of ketones is 1. The summed E-state index contributed by atoms with van der Waals surface area (Å²) in [6, 6.07) is 9.70. The maximum atomic E-state index is 13.4. The normalized spacial score (nSPS) is 13.8. The van der Waals surface area contributed by atoms with Crippen molar-refractivity contribution in [3.63, 3.8) is 0 Å². The van der Waals surface area contributed by atoms with E-state index in [1.54, 1.807) is 12.1 Å². The molecule has 1 aromatic heterocycles. The van der Waals surface area contributed by atoms with E-state index in [9.17, 15) is 28.0 Å². The minimum absolute atomic E-state index is 0.0237. The van der Waals surface area contributed by atoms with Gasteiger partial charge in [0, 0.05) is 5.56 Å². The highest BCUT2D eigenvalue weighted by Crippen LogP contribution is 2.26. The first-order chi connectivity index (χ1) is 15.3. The molecular weight excluding hydrogens is 424 g/mol. The third kappa shape index (κ3) is 3.80. The number of carbonyl (C=O) groups excluding carboxylic acids is 4. The molecule has 3 aromatic rings. The summed E-state index contributed by atoms with van der Waals surface area (Å²) in [6.07, 6.45) is 0.123. The van der Waals surface area contributed by atoms with Gasteiger partial charge in [-0.05, 0) is 55.5 Å². The molecule has 1 aliphatic heterocycles. The Balaban J connectivity index is 1.49. The van der Waals surface area contributed by atoms with Crippen molar-refractivity contribution in [2.24, 2.45) is 0 Å². The van der Waals surface area contributed by atoms with Gasteiger partial charge in [-0.25, -0.2) is 13.6 Å². The fraction of sp³-hybridized carbons (Fsp3) is 0.130. The lowest BCUT2D eigenvalue weighted by molar-refractivity contribution is 0.0318. The number of furan rings is 1. The van der Waals surface area contributed by atoms with Gasteiger partial charge >= 0.3 is 5.97 Å². The maximum absolute atomic E-state index is 13.4. The van der Waals surface area contributed by atoms with E-state index in [4.69, 9.17) is 9.15 Å². The van der Waals surface area contributed by atoms with Gasteiger partial charge in [0.25, 0.3) is 11.8 Å². The third-order valence-corrected chi connectivity index (χ3v) is 4.96. The number of carbonyl (C=O) groups is 4. The predicted molar refractivity (Wildman–Crippen MR) is 105 cm³/mol. The molecule has 0 spiro atoms. The number of nitrogens with zero attached hydrogens (tertiary/aromatic N) is 1. The highest BCUT2D eigenvalue weighted by molar-refractivity contribution is 6.21. The zero-order chi connectivity index (χ0) is 23.0. The summed E-state index contributed by atoms with van der Waals surface area (Å²) in [4.78, 5) is 51.1. The number of amides is 2. The molecule has 9 heteroatoms. The summed E-state index contributed by atoms with van der Waals surface area (Å²) < 4.78 is 36.7. The van der Waals surface area contributed by atoms with Crippen LogP contribution < -0.4 is 0 Å². The molecule has 2 amide bonds. The Hall–Kier alpha value is -4.14. The quantitative estimate of drug-likeness (QED) is 0.330. The standard InChI is InChI=1S/C23H15F2NO6/c1-12(20(27)13-5-7-18(24)19(25)10-13)32-23(30)14-4-6-16-17(9-14)22(29)26(21(16)28)11-15-3-2-8-31-15/h2-10,12H,11H2,1H3/t12-/m0/s1. The molecule has 0 fully saturated rings. The van der Waals surface area contributed by atoms with Crippen molar-refractivity contribution in [2.75, 3.05) is 0 Å². The number of fused-ring (bicyclic) bond motifs is 1. The van der Waals surface area contributed by atoms with Crippen LogP contribution in [0.15, 0.2) is 59.2 Å². The van der Waals surface area contributed by atoms with E-state index in [0.29, 0.717) is 5.76 Å². The van der Waals surface area contributed by atoms with E-state index in [2.05, 4.69) is 0 Å². The first kappa shape index (κ1) is 21.1. The Morgan fingerprint density at radius 2 is 1.69 bits per heavy atom. The average molecular weight is 439 g/mol. The Bertz CT molecular complexity index is 1250. The van der Waals surface area contributed by atoms with E-state index in [1.807, 2.05) is 0 Å². The largest absolute Gasteiger partial charge is 0.467 e. The number of halogens is 2. The molecule has 32 heavy (non-hydrogen) atoms. The fourth-order valence-electron chi connectivity index (χ4n) is 3.29. The number of hydrogen-bond donors (Lipinski definition) is 0. The van der Waals surface area contributed by atoms with Crippen molar-refractivity contribution in [2.45, 2.75) is 19.6 Å². The van der Waals surface area contributed by atoms with Crippen LogP contribution in [-0.2, 0) is 11.3 Å². The number of rotatable bonds is 6. The van der Waals surface area contributed by atoms with Crippen LogP contribution in [0.4, 0.5) is 8.78 Å². The fourth-order valence-corrected chi connectivity index (χ4v) is 3.29. The number of ether oxygens (including phenoxy) is 1. The molecule has 1 aliphatic rings. The molecule has 2 heterocycles. The summed E-state index contributed by atoms with van der Waals surface area (Å²) in [6.45, 7) is 1.23. The summed E-state index contributed by atoms with van der Waals surface area (Å²) in [7, 11) is 0. The zero-order valence-corrected chi connectivity index (χ0v) is 16.6. The van der Waals surface area contributed by atoms with Gasteiger partial charge in [0.1, 0.15) is 5.76 Å². The van der Waals surface area contributed by atoms with Crippen molar-refractivity contribution in [3.05, 3.63) is 94.4 Å². The Morgan fingerprint density at radius 3 is 2.38 bits per heavy atom. The third-order valence-electron chi connectivity index (χ3n) is 4.96. The minimum atomic E-state index is -1.30. The van der Waals surface area contributed by atoms with Gasteiger partial charge in [-0.3, -0.25) is 19.3 Å². The molecule has 0 saturated carbocycles. The molecule has 0 bridgehead atoms. The van der Waals surface area contributed by atoms with Crippen LogP contribution in [0.5, 0.6) is 0 Å². The summed E-state index contributed by atoms with van der Waals surface area (Å²) in [5, 5.41) is 0. The van der Waals surface area contributed by atoms with E-state index < -0.39 is 41.3 Å². The second kappa shape index (κ2) is 8.18. The summed E-state index contributed by atoms with van der Waals surface area (Å²) in [5.41, 5.74) is -0.0539. The average Bonchev–Trinajstić information content (AvgIpc) is 3.38. The van der Waals surface area contributed by atoms with E-state index in [0.717, 1.165) is 23.1 Å². The van der Waals surface area contributed by atoms with E-state index >= 15 is 0 Å². The van der Waals surface area contributed by atoms with Gasteiger partial charge < -0.3 is 9.15 Å². The van der Waals surface area contributed by atoms with Crippen LogP contribution in [-0.4, -0.2) is 34.6 Å². The second-order valence-electron chi connectivity index (χ2n) is 7.08. The Kier molecular flexibility index (Phi) is 5.40. The summed E-state index contributed by atoms with van der Waals surface area (Å²) >= 11 is 0. The van der Waals surface area contributed by atoms with Gasteiger partial charge in [-0.15, -0.1) is 0 Å². The zero-order valence-electron chi connectivity index (χ0n) is 16.6. The topological polar surface area (TPSA) is 93.9 Å². The van der Waals surface area contributed by atoms with Crippen LogP contribution in [0, 0.1) is 11.6 Å². The lowest BCUT2D eigenvalue weighted by Crippen LogP contribution is -2.28. The Morgan fingerprint density at radius 1 is 0.969 bits per heavy atom. The van der Waals surface area contributed by atoms with Crippen molar-refractivity contribution < 1.29 is 37.1 Å². The van der Waals surface area contributed by atoms with E-state index in [1.165, 1.54) is 31.4 Å². The summed E-state index contributed by atoms with van der Waals surface area (Å²) in [5.74, 6) is -4.65. The van der Waals surface area contributed by atoms with Crippen LogP contribution in [0.25, 0.3) is 0 Å². The van der Waals surface area contributed by atoms with Crippen molar-refractivity contribution in [1.82, 2.24) is 4.90 Å². The van der Waals surface area contributed by atoms with Crippen LogP contribution in [0.2, 0.25) is 0 Å². The SMILES string of the molecule is C[C@H](OC(=O)c1ccc2c(c1)C(=O)N(Cc1ccco1)C2=O)C(=O)c1ccc(F)c(F)c1. The minimum Gasteiger partial charge on any atom is -0.467 e. The van der Waals surface area contributed by atoms with Gasteiger partial charge in [0.15, 0.2) is 17.7 Å². The van der Waals surface area contributed by atoms with Gasteiger partial charge in [0.05, 0.1) is 29.5 Å². The predicted octanol–water partition coefficient (Wildman–Crippen LogP) is 3.78. The highest BCUT2D eigenvalue weighted by atomic mass is 19.2. The first-order valence-corrected chi connectivity index (χ1v) is 9.49. The van der Waals surface area contributed by atoms with Crippen LogP contribution in [0.3, 0.4) is 0 Å². The van der Waals surface area contributed by atoms with Crippen molar-refractivity contribution in [3.8, 4) is 0 Å². The number of esters is 1. The lowest BCUT2D eigenvalue weighted by atomic mass is 10.1. The van der Waals surface area contributed by atoms with Crippen molar-refractivity contribution >= 4 is 23.6 Å². The number of hydrogen-bond acceptors (Lipinski definition) is 6. The number of imide groups is 1. The molecule has 4 rings (SSSR count). The molecule has 0 N–H and O–H groups in total. The molecule has 0 saturated heterocycles. The van der Waals surface area contributed by atoms with Gasteiger partial charge in [-0.2, -0.15) is 0 Å². The highest BCUT2D eigenvalue weighted by Gasteiger charge is 2.36.